The lowest BCUT2D eigenvalue weighted by atomic mass is 10.0. The second kappa shape index (κ2) is 3.86. The highest BCUT2D eigenvalue weighted by Gasteiger charge is 2.64. The largest absolute Gasteiger partial charge is 0.370 e. The van der Waals surface area contributed by atoms with Gasteiger partial charge in [0.05, 0.1) is 0 Å². The molecule has 4 heteroatoms. The molecule has 1 heterocycles. The molecule has 1 aliphatic carbocycles. The Hall–Kier alpha value is -1.32. The Morgan fingerprint density at radius 2 is 1.88 bits per heavy atom. The number of nitrogens with one attached hydrogen (secondary N) is 2. The topological polar surface area (TPSA) is 49.8 Å². The Bertz CT molecular complexity index is 398. The number of rotatable bonds is 4. The first-order valence-electron chi connectivity index (χ1n) is 6.14. The molecule has 2 N–H and O–H groups in total. The fraction of sp³-hybridized carbons (Fsp3) is 0.692. The van der Waals surface area contributed by atoms with Crippen molar-refractivity contribution in [2.45, 2.75) is 27.7 Å². The molecule has 94 valence electrons. The highest BCUT2D eigenvalue weighted by atomic mass is 15.1. The lowest BCUT2D eigenvalue weighted by Crippen LogP contribution is -2.10. The highest BCUT2D eigenvalue weighted by molar-refractivity contribution is 5.39. The van der Waals surface area contributed by atoms with Crippen LogP contribution in [0, 0.1) is 16.7 Å². The van der Waals surface area contributed by atoms with E-state index < -0.39 is 0 Å². The van der Waals surface area contributed by atoms with E-state index in [1.54, 1.807) is 6.20 Å². The van der Waals surface area contributed by atoms with Gasteiger partial charge >= 0.3 is 0 Å². The molecular weight excluding hydrogens is 212 g/mol. The van der Waals surface area contributed by atoms with E-state index in [0.717, 1.165) is 12.4 Å². The Morgan fingerprint density at radius 1 is 1.24 bits per heavy atom. The molecular formula is C13H22N4. The van der Waals surface area contributed by atoms with Crippen molar-refractivity contribution in [2.75, 3.05) is 24.2 Å². The zero-order valence-electron chi connectivity index (χ0n) is 11.3. The molecule has 2 rings (SSSR count). The number of hydrogen-bond donors (Lipinski definition) is 2. The minimum Gasteiger partial charge on any atom is -0.370 e. The van der Waals surface area contributed by atoms with Crippen LogP contribution >= 0.6 is 0 Å². The van der Waals surface area contributed by atoms with E-state index >= 15 is 0 Å². The van der Waals surface area contributed by atoms with Crippen molar-refractivity contribution in [1.29, 1.82) is 0 Å². The lowest BCUT2D eigenvalue weighted by Gasteiger charge is -2.07. The molecule has 0 atom stereocenters. The molecule has 17 heavy (non-hydrogen) atoms. The van der Waals surface area contributed by atoms with Gasteiger partial charge in [-0.1, -0.05) is 27.7 Å². The molecule has 1 aliphatic rings. The van der Waals surface area contributed by atoms with Gasteiger partial charge < -0.3 is 10.6 Å². The second-order valence-electron chi connectivity index (χ2n) is 5.89. The summed E-state index contributed by atoms with van der Waals surface area (Å²) in [6.45, 7) is 10.3. The molecule has 0 aromatic carbocycles. The van der Waals surface area contributed by atoms with Gasteiger partial charge in [-0.3, -0.25) is 0 Å². The normalized spacial score (nSPS) is 21.0. The summed E-state index contributed by atoms with van der Waals surface area (Å²) in [6, 6.07) is 1.91. The SMILES string of the molecule is CNc1nccc(NCC2C(C)(C)C2(C)C)n1. The molecule has 0 amide bonds. The van der Waals surface area contributed by atoms with Crippen LogP contribution in [0.5, 0.6) is 0 Å². The van der Waals surface area contributed by atoms with Gasteiger partial charge in [-0.25, -0.2) is 4.98 Å². The summed E-state index contributed by atoms with van der Waals surface area (Å²) in [7, 11) is 1.83. The van der Waals surface area contributed by atoms with E-state index in [1.807, 2.05) is 13.1 Å². The van der Waals surface area contributed by atoms with Crippen molar-refractivity contribution < 1.29 is 0 Å². The number of aromatic nitrogens is 2. The highest BCUT2D eigenvalue weighted by Crippen LogP contribution is 2.68. The van der Waals surface area contributed by atoms with E-state index in [2.05, 4.69) is 48.3 Å². The molecule has 0 radical (unpaired) electrons. The van der Waals surface area contributed by atoms with Gasteiger partial charge in [0.15, 0.2) is 0 Å². The van der Waals surface area contributed by atoms with E-state index in [4.69, 9.17) is 0 Å². The standard InChI is InChI=1S/C13H22N4/c1-12(2)9(13(12,3)4)8-16-10-6-7-15-11(14-5)17-10/h6-7,9H,8H2,1-5H3,(H2,14,15,16,17). The minimum atomic E-state index is 0.416. The maximum absolute atomic E-state index is 4.35. The predicted octanol–water partition coefficient (Wildman–Crippen LogP) is 2.61. The molecule has 0 bridgehead atoms. The third-order valence-electron chi connectivity index (χ3n) is 4.69. The van der Waals surface area contributed by atoms with Crippen LogP contribution < -0.4 is 10.6 Å². The van der Waals surface area contributed by atoms with Crippen LogP contribution in [0.2, 0.25) is 0 Å². The minimum absolute atomic E-state index is 0.416. The van der Waals surface area contributed by atoms with Crippen molar-refractivity contribution in [3.05, 3.63) is 12.3 Å². The average molecular weight is 234 g/mol. The quantitative estimate of drug-likeness (QED) is 0.841. The molecule has 1 fully saturated rings. The smallest absolute Gasteiger partial charge is 0.224 e. The molecule has 4 nitrogen and oxygen atoms in total. The fourth-order valence-corrected chi connectivity index (χ4v) is 2.63. The Morgan fingerprint density at radius 3 is 2.41 bits per heavy atom. The molecule has 1 aromatic heterocycles. The van der Waals surface area contributed by atoms with Crippen molar-refractivity contribution >= 4 is 11.8 Å². The van der Waals surface area contributed by atoms with Crippen LogP contribution in [-0.2, 0) is 0 Å². The van der Waals surface area contributed by atoms with Crippen LogP contribution in [0.25, 0.3) is 0 Å². The summed E-state index contributed by atoms with van der Waals surface area (Å²) in [5.74, 6) is 2.25. The van der Waals surface area contributed by atoms with Gasteiger partial charge in [0.2, 0.25) is 5.95 Å². The maximum Gasteiger partial charge on any atom is 0.224 e. The predicted molar refractivity (Wildman–Crippen MR) is 71.1 cm³/mol. The van der Waals surface area contributed by atoms with E-state index in [0.29, 0.717) is 22.7 Å². The van der Waals surface area contributed by atoms with Gasteiger partial charge in [0.1, 0.15) is 5.82 Å². The van der Waals surface area contributed by atoms with Crippen LogP contribution in [0.15, 0.2) is 12.3 Å². The van der Waals surface area contributed by atoms with E-state index in [1.165, 1.54) is 0 Å². The monoisotopic (exact) mass is 234 g/mol. The lowest BCUT2D eigenvalue weighted by molar-refractivity contribution is 0.457. The number of hydrogen-bond acceptors (Lipinski definition) is 4. The summed E-state index contributed by atoms with van der Waals surface area (Å²) in [5, 5.41) is 6.34. The summed E-state index contributed by atoms with van der Waals surface area (Å²) >= 11 is 0. The maximum atomic E-state index is 4.35. The third kappa shape index (κ3) is 1.96. The molecule has 1 saturated carbocycles. The summed E-state index contributed by atoms with van der Waals surface area (Å²) in [6.07, 6.45) is 1.77. The van der Waals surface area contributed by atoms with Crippen molar-refractivity contribution in [2.24, 2.45) is 16.7 Å². The van der Waals surface area contributed by atoms with Crippen LogP contribution in [-0.4, -0.2) is 23.6 Å². The van der Waals surface area contributed by atoms with Crippen molar-refractivity contribution in [1.82, 2.24) is 9.97 Å². The first-order chi connectivity index (χ1) is 7.89. The van der Waals surface area contributed by atoms with Gasteiger partial charge in [0, 0.05) is 19.8 Å². The van der Waals surface area contributed by atoms with Crippen LogP contribution in [0.1, 0.15) is 27.7 Å². The van der Waals surface area contributed by atoms with E-state index in [-0.39, 0.29) is 0 Å². The molecule has 0 spiro atoms. The fourth-order valence-electron chi connectivity index (χ4n) is 2.63. The van der Waals surface area contributed by atoms with Gasteiger partial charge in [-0.15, -0.1) is 0 Å². The second-order valence-corrected chi connectivity index (χ2v) is 5.89. The van der Waals surface area contributed by atoms with Crippen molar-refractivity contribution in [3.8, 4) is 0 Å². The Balaban J connectivity index is 1.95. The van der Waals surface area contributed by atoms with Gasteiger partial charge in [-0.2, -0.15) is 4.98 Å². The molecule has 1 aromatic rings. The summed E-state index contributed by atoms with van der Waals surface area (Å²) in [5.41, 5.74) is 0.831. The summed E-state index contributed by atoms with van der Waals surface area (Å²) < 4.78 is 0. The molecule has 0 unspecified atom stereocenters. The third-order valence-corrected chi connectivity index (χ3v) is 4.69. The Labute approximate surface area is 103 Å². The molecule has 0 saturated heterocycles. The zero-order valence-corrected chi connectivity index (χ0v) is 11.3. The zero-order chi connectivity index (χ0) is 12.7. The first-order valence-corrected chi connectivity index (χ1v) is 6.14. The Kier molecular flexibility index (Phi) is 2.76. The molecule has 0 aliphatic heterocycles. The first kappa shape index (κ1) is 12.1. The van der Waals surface area contributed by atoms with E-state index in [9.17, 15) is 0 Å². The van der Waals surface area contributed by atoms with Gasteiger partial charge in [-0.05, 0) is 22.8 Å². The number of anilines is 2. The van der Waals surface area contributed by atoms with Crippen LogP contribution in [0.4, 0.5) is 11.8 Å². The average Bonchev–Trinajstić information content (AvgIpc) is 2.67. The number of nitrogens with zero attached hydrogens (tertiary/aromatic N) is 2. The summed E-state index contributed by atoms with van der Waals surface area (Å²) in [4.78, 5) is 8.45. The van der Waals surface area contributed by atoms with Gasteiger partial charge in [0.25, 0.3) is 0 Å². The van der Waals surface area contributed by atoms with Crippen molar-refractivity contribution in [3.63, 3.8) is 0 Å². The van der Waals surface area contributed by atoms with Crippen LogP contribution in [0.3, 0.4) is 0 Å².